The van der Waals surface area contributed by atoms with Crippen LogP contribution in [0.4, 0.5) is 0 Å². The molecule has 2 heterocycles. The van der Waals surface area contributed by atoms with E-state index in [4.69, 9.17) is 4.74 Å². The van der Waals surface area contributed by atoms with Crippen LogP contribution in [0.1, 0.15) is 26.4 Å². The van der Waals surface area contributed by atoms with Gasteiger partial charge in [-0.25, -0.2) is 0 Å². The molecule has 0 aliphatic carbocycles. The normalized spacial score (nSPS) is 10.6. The summed E-state index contributed by atoms with van der Waals surface area (Å²) in [6.07, 6.45) is 3.60. The SMILES string of the molecule is Cc1cccc(OCc2csc(C(=O)NCCn3cccn3)c2)c1C. The number of hydrogen-bond acceptors (Lipinski definition) is 4. The van der Waals surface area contributed by atoms with Crippen molar-refractivity contribution in [2.24, 2.45) is 0 Å². The van der Waals surface area contributed by atoms with E-state index in [1.54, 1.807) is 10.9 Å². The minimum absolute atomic E-state index is 0.0601. The van der Waals surface area contributed by atoms with E-state index in [0.29, 0.717) is 24.6 Å². The predicted molar refractivity (Wildman–Crippen MR) is 99.1 cm³/mol. The summed E-state index contributed by atoms with van der Waals surface area (Å²) in [4.78, 5) is 12.9. The predicted octanol–water partition coefficient (Wildman–Crippen LogP) is 3.57. The van der Waals surface area contributed by atoms with Crippen molar-refractivity contribution in [2.45, 2.75) is 27.0 Å². The van der Waals surface area contributed by atoms with Crippen LogP contribution in [0.15, 0.2) is 48.1 Å². The molecule has 0 saturated heterocycles. The number of thiophene rings is 1. The Labute approximate surface area is 151 Å². The summed E-state index contributed by atoms with van der Waals surface area (Å²) in [6.45, 7) is 5.79. The largest absolute Gasteiger partial charge is 0.489 e. The lowest BCUT2D eigenvalue weighted by Gasteiger charge is -2.09. The molecule has 0 aliphatic rings. The van der Waals surface area contributed by atoms with E-state index in [2.05, 4.69) is 30.3 Å². The highest BCUT2D eigenvalue weighted by atomic mass is 32.1. The van der Waals surface area contributed by atoms with Gasteiger partial charge in [0.1, 0.15) is 12.4 Å². The summed E-state index contributed by atoms with van der Waals surface area (Å²) in [5.74, 6) is 0.826. The minimum Gasteiger partial charge on any atom is -0.489 e. The molecule has 1 aromatic carbocycles. The number of ether oxygens (including phenoxy) is 1. The Morgan fingerprint density at radius 3 is 3.00 bits per heavy atom. The molecule has 6 heteroatoms. The van der Waals surface area contributed by atoms with Gasteiger partial charge < -0.3 is 10.1 Å². The molecule has 0 unspecified atom stereocenters. The van der Waals surface area contributed by atoms with Crippen molar-refractivity contribution in [3.05, 3.63) is 69.7 Å². The smallest absolute Gasteiger partial charge is 0.261 e. The van der Waals surface area contributed by atoms with Crippen LogP contribution in [-0.4, -0.2) is 22.2 Å². The first-order valence-corrected chi connectivity index (χ1v) is 9.03. The van der Waals surface area contributed by atoms with Crippen LogP contribution in [-0.2, 0) is 13.2 Å². The Balaban J connectivity index is 1.51. The van der Waals surface area contributed by atoms with E-state index < -0.39 is 0 Å². The molecule has 0 aliphatic heterocycles. The van der Waals surface area contributed by atoms with Gasteiger partial charge in [0.05, 0.1) is 11.4 Å². The van der Waals surface area contributed by atoms with Crippen LogP contribution in [0.25, 0.3) is 0 Å². The number of aromatic nitrogens is 2. The van der Waals surface area contributed by atoms with E-state index in [-0.39, 0.29) is 5.91 Å². The van der Waals surface area contributed by atoms with Crippen LogP contribution >= 0.6 is 11.3 Å². The average molecular weight is 355 g/mol. The Morgan fingerprint density at radius 1 is 1.32 bits per heavy atom. The van der Waals surface area contributed by atoms with Crippen molar-refractivity contribution in [3.8, 4) is 5.75 Å². The minimum atomic E-state index is -0.0601. The molecule has 0 bridgehead atoms. The second-order valence-electron chi connectivity index (χ2n) is 5.83. The zero-order chi connectivity index (χ0) is 17.6. The Bertz CT molecular complexity index is 840. The van der Waals surface area contributed by atoms with Gasteiger partial charge in [0.2, 0.25) is 0 Å². The molecule has 3 aromatic rings. The van der Waals surface area contributed by atoms with Crippen molar-refractivity contribution in [1.82, 2.24) is 15.1 Å². The van der Waals surface area contributed by atoms with Crippen molar-refractivity contribution in [3.63, 3.8) is 0 Å². The van der Waals surface area contributed by atoms with Crippen LogP contribution in [0.5, 0.6) is 5.75 Å². The molecular weight excluding hydrogens is 334 g/mol. The number of nitrogens with one attached hydrogen (secondary N) is 1. The molecule has 1 N–H and O–H groups in total. The van der Waals surface area contributed by atoms with Gasteiger partial charge in [-0.1, -0.05) is 12.1 Å². The molecule has 0 radical (unpaired) electrons. The summed E-state index contributed by atoms with van der Waals surface area (Å²) < 4.78 is 7.68. The van der Waals surface area contributed by atoms with E-state index >= 15 is 0 Å². The third-order valence-electron chi connectivity index (χ3n) is 4.01. The van der Waals surface area contributed by atoms with E-state index in [0.717, 1.165) is 16.9 Å². The molecular formula is C19H21N3O2S. The maximum atomic E-state index is 12.2. The van der Waals surface area contributed by atoms with Gasteiger partial charge in [0, 0.05) is 24.5 Å². The monoisotopic (exact) mass is 355 g/mol. The standard InChI is InChI=1S/C19H21N3O2S/c1-14-5-3-6-17(15(14)2)24-12-16-11-18(25-13-16)19(23)20-8-10-22-9-4-7-21-22/h3-7,9,11,13H,8,10,12H2,1-2H3,(H,20,23). The third-order valence-corrected chi connectivity index (χ3v) is 4.99. The quantitative estimate of drug-likeness (QED) is 0.705. The van der Waals surface area contributed by atoms with Gasteiger partial charge in [0.15, 0.2) is 0 Å². The van der Waals surface area contributed by atoms with Gasteiger partial charge in [-0.2, -0.15) is 5.10 Å². The van der Waals surface area contributed by atoms with Gasteiger partial charge in [-0.3, -0.25) is 9.48 Å². The lowest BCUT2D eigenvalue weighted by Crippen LogP contribution is -2.26. The second-order valence-corrected chi connectivity index (χ2v) is 6.74. The number of hydrogen-bond donors (Lipinski definition) is 1. The van der Waals surface area contributed by atoms with Gasteiger partial charge >= 0.3 is 0 Å². The number of amides is 1. The van der Waals surface area contributed by atoms with Crippen LogP contribution in [0, 0.1) is 13.8 Å². The molecule has 5 nitrogen and oxygen atoms in total. The summed E-state index contributed by atoms with van der Waals surface area (Å²) in [5, 5.41) is 8.98. The first kappa shape index (κ1) is 17.2. The topological polar surface area (TPSA) is 56.1 Å². The van der Waals surface area contributed by atoms with Crippen LogP contribution in [0.3, 0.4) is 0 Å². The van der Waals surface area contributed by atoms with Gasteiger partial charge in [0.25, 0.3) is 5.91 Å². The molecule has 0 atom stereocenters. The van der Waals surface area contributed by atoms with Gasteiger partial charge in [-0.05, 0) is 48.6 Å². The van der Waals surface area contributed by atoms with Crippen molar-refractivity contribution >= 4 is 17.2 Å². The lowest BCUT2D eigenvalue weighted by atomic mass is 10.1. The lowest BCUT2D eigenvalue weighted by molar-refractivity contribution is 0.0956. The van der Waals surface area contributed by atoms with E-state index in [1.807, 2.05) is 35.8 Å². The first-order chi connectivity index (χ1) is 12.1. The average Bonchev–Trinajstić information content (AvgIpc) is 3.28. The number of aryl methyl sites for hydroxylation is 1. The van der Waals surface area contributed by atoms with E-state index in [1.165, 1.54) is 16.9 Å². The molecule has 2 aromatic heterocycles. The zero-order valence-electron chi connectivity index (χ0n) is 14.4. The molecule has 130 valence electrons. The fraction of sp³-hybridized carbons (Fsp3) is 0.263. The second kappa shape index (κ2) is 7.98. The van der Waals surface area contributed by atoms with Crippen molar-refractivity contribution < 1.29 is 9.53 Å². The molecule has 1 amide bonds. The highest BCUT2D eigenvalue weighted by Crippen LogP contribution is 2.23. The Morgan fingerprint density at radius 2 is 2.20 bits per heavy atom. The Kier molecular flexibility index (Phi) is 5.50. The van der Waals surface area contributed by atoms with Gasteiger partial charge in [-0.15, -0.1) is 11.3 Å². The fourth-order valence-electron chi connectivity index (χ4n) is 2.42. The molecule has 0 fully saturated rings. The zero-order valence-corrected chi connectivity index (χ0v) is 15.2. The summed E-state index contributed by atoms with van der Waals surface area (Å²) in [5.41, 5.74) is 3.36. The van der Waals surface area contributed by atoms with Crippen molar-refractivity contribution in [2.75, 3.05) is 6.54 Å². The van der Waals surface area contributed by atoms with Crippen molar-refractivity contribution in [1.29, 1.82) is 0 Å². The summed E-state index contributed by atoms with van der Waals surface area (Å²) in [7, 11) is 0. The highest BCUT2D eigenvalue weighted by molar-refractivity contribution is 7.12. The number of benzene rings is 1. The molecule has 3 rings (SSSR count). The Hall–Kier alpha value is -2.60. The number of carbonyl (C=O) groups is 1. The number of nitrogens with zero attached hydrogens (tertiary/aromatic N) is 2. The first-order valence-electron chi connectivity index (χ1n) is 8.15. The maximum Gasteiger partial charge on any atom is 0.261 e. The maximum absolute atomic E-state index is 12.2. The number of carbonyl (C=O) groups excluding carboxylic acids is 1. The van der Waals surface area contributed by atoms with Crippen LogP contribution in [0.2, 0.25) is 0 Å². The fourth-order valence-corrected chi connectivity index (χ4v) is 3.23. The molecule has 0 saturated carbocycles. The number of rotatable bonds is 7. The van der Waals surface area contributed by atoms with E-state index in [9.17, 15) is 4.79 Å². The highest BCUT2D eigenvalue weighted by Gasteiger charge is 2.10. The third kappa shape index (κ3) is 4.48. The molecule has 25 heavy (non-hydrogen) atoms. The summed E-state index contributed by atoms with van der Waals surface area (Å²) >= 11 is 1.43. The summed E-state index contributed by atoms with van der Waals surface area (Å²) in [6, 6.07) is 9.78. The molecule has 0 spiro atoms. The van der Waals surface area contributed by atoms with Crippen LogP contribution < -0.4 is 10.1 Å².